The molecule has 3 N–H and O–H groups in total. The Bertz CT molecular complexity index is 752. The van der Waals surface area contributed by atoms with Gasteiger partial charge in [0.2, 0.25) is 5.91 Å². The Hall–Kier alpha value is -1.99. The molecule has 8 heteroatoms. The average Bonchev–Trinajstić information content (AvgIpc) is 3.09. The molecule has 3 atom stereocenters. The second-order valence-electron chi connectivity index (χ2n) is 7.30. The molecule has 2 amide bonds. The minimum atomic E-state index is -0.379. The molecule has 0 bridgehead atoms. The van der Waals surface area contributed by atoms with Crippen molar-refractivity contribution >= 4 is 23.6 Å². The summed E-state index contributed by atoms with van der Waals surface area (Å²) in [5.41, 5.74) is 1.59. The molecule has 3 aliphatic heterocycles. The standard InChI is InChI=1S/C18H22ClN3O4/c1-9-2-3-13(23)15(16(9)19)10-4-12-14(26-18(25)22(12)8-10)7-21-17(24)11-5-20-6-11/h2-3,10-12,14,20,23H,4-8H2,1H3,(H,21,24)/t10-,12-,14+/m0/s1. The number of carbonyl (C=O) groups excluding carboxylic acids is 2. The molecular formula is C18H22ClN3O4. The van der Waals surface area contributed by atoms with E-state index in [0.717, 1.165) is 5.56 Å². The highest BCUT2D eigenvalue weighted by molar-refractivity contribution is 6.32. The second-order valence-corrected chi connectivity index (χ2v) is 7.68. The molecule has 3 saturated heterocycles. The highest BCUT2D eigenvalue weighted by Crippen LogP contribution is 2.44. The van der Waals surface area contributed by atoms with E-state index in [9.17, 15) is 14.7 Å². The molecule has 0 aromatic heterocycles. The summed E-state index contributed by atoms with van der Waals surface area (Å²) < 4.78 is 5.44. The molecule has 0 aliphatic carbocycles. The first-order valence-corrected chi connectivity index (χ1v) is 9.27. The molecule has 3 heterocycles. The van der Waals surface area contributed by atoms with Gasteiger partial charge in [-0.3, -0.25) is 4.79 Å². The van der Waals surface area contributed by atoms with E-state index in [4.69, 9.17) is 16.3 Å². The first kappa shape index (κ1) is 17.4. The van der Waals surface area contributed by atoms with Crippen molar-refractivity contribution in [2.75, 3.05) is 26.2 Å². The Kier molecular flexibility index (Phi) is 4.44. The number of hydrogen-bond acceptors (Lipinski definition) is 5. The third-order valence-corrected chi connectivity index (χ3v) is 6.15. The van der Waals surface area contributed by atoms with Crippen molar-refractivity contribution in [2.24, 2.45) is 5.92 Å². The molecule has 7 nitrogen and oxygen atoms in total. The summed E-state index contributed by atoms with van der Waals surface area (Å²) >= 11 is 6.41. The van der Waals surface area contributed by atoms with Gasteiger partial charge in [0, 0.05) is 31.1 Å². The van der Waals surface area contributed by atoms with Gasteiger partial charge in [0.25, 0.3) is 0 Å². The molecule has 3 aliphatic rings. The van der Waals surface area contributed by atoms with E-state index in [1.807, 2.05) is 6.92 Å². The van der Waals surface area contributed by atoms with E-state index in [1.54, 1.807) is 17.0 Å². The van der Waals surface area contributed by atoms with Gasteiger partial charge in [-0.25, -0.2) is 4.79 Å². The van der Waals surface area contributed by atoms with E-state index >= 15 is 0 Å². The van der Waals surface area contributed by atoms with Crippen LogP contribution in [0, 0.1) is 12.8 Å². The molecule has 0 saturated carbocycles. The zero-order valence-electron chi connectivity index (χ0n) is 14.5. The van der Waals surface area contributed by atoms with Gasteiger partial charge in [-0.15, -0.1) is 0 Å². The van der Waals surface area contributed by atoms with E-state index in [0.29, 0.717) is 43.2 Å². The summed E-state index contributed by atoms with van der Waals surface area (Å²) in [5.74, 6) is 0.103. The highest BCUT2D eigenvalue weighted by Gasteiger charge is 2.49. The van der Waals surface area contributed by atoms with E-state index in [-0.39, 0.29) is 41.7 Å². The van der Waals surface area contributed by atoms with Crippen molar-refractivity contribution in [3.8, 4) is 5.75 Å². The van der Waals surface area contributed by atoms with Gasteiger partial charge in [-0.1, -0.05) is 17.7 Å². The van der Waals surface area contributed by atoms with Gasteiger partial charge in [-0.2, -0.15) is 0 Å². The molecule has 1 aromatic carbocycles. The summed E-state index contributed by atoms with van der Waals surface area (Å²) in [4.78, 5) is 25.9. The van der Waals surface area contributed by atoms with Crippen LogP contribution in [0.2, 0.25) is 5.02 Å². The molecule has 4 rings (SSSR count). The van der Waals surface area contributed by atoms with Crippen molar-refractivity contribution in [3.63, 3.8) is 0 Å². The van der Waals surface area contributed by atoms with Gasteiger partial charge >= 0.3 is 6.09 Å². The molecule has 26 heavy (non-hydrogen) atoms. The van der Waals surface area contributed by atoms with E-state index < -0.39 is 0 Å². The maximum Gasteiger partial charge on any atom is 0.410 e. The maximum atomic E-state index is 12.2. The number of rotatable bonds is 4. The number of cyclic esters (lactones) is 1. The summed E-state index contributed by atoms with van der Waals surface area (Å²) in [6, 6.07) is 3.30. The lowest BCUT2D eigenvalue weighted by Gasteiger charge is -2.26. The Morgan fingerprint density at radius 2 is 2.23 bits per heavy atom. The minimum absolute atomic E-state index is 0.00239. The van der Waals surface area contributed by atoms with Crippen LogP contribution in [-0.2, 0) is 9.53 Å². The summed E-state index contributed by atoms with van der Waals surface area (Å²) in [5, 5.41) is 16.8. The Labute approximate surface area is 156 Å². The van der Waals surface area contributed by atoms with Crippen LogP contribution in [0.1, 0.15) is 23.5 Å². The lowest BCUT2D eigenvalue weighted by atomic mass is 9.92. The van der Waals surface area contributed by atoms with Crippen molar-refractivity contribution in [1.29, 1.82) is 0 Å². The fourth-order valence-electron chi connectivity index (χ4n) is 3.99. The van der Waals surface area contributed by atoms with Crippen LogP contribution in [-0.4, -0.2) is 60.3 Å². The number of nitrogens with zero attached hydrogens (tertiary/aromatic N) is 1. The largest absolute Gasteiger partial charge is 0.508 e. The predicted molar refractivity (Wildman–Crippen MR) is 95.3 cm³/mol. The first-order chi connectivity index (χ1) is 12.5. The number of nitrogens with one attached hydrogen (secondary N) is 2. The van der Waals surface area contributed by atoms with Crippen LogP contribution in [0.5, 0.6) is 5.75 Å². The fourth-order valence-corrected chi connectivity index (χ4v) is 4.30. The number of carbonyl (C=O) groups is 2. The fraction of sp³-hybridized carbons (Fsp3) is 0.556. The maximum absolute atomic E-state index is 12.2. The molecule has 0 radical (unpaired) electrons. The minimum Gasteiger partial charge on any atom is -0.508 e. The SMILES string of the molecule is Cc1ccc(O)c([C@H]2C[C@H]3[C@@H](CNC(=O)C4CNC4)OC(=O)N3C2)c1Cl. The molecular weight excluding hydrogens is 358 g/mol. The van der Waals surface area contributed by atoms with Crippen molar-refractivity contribution < 1.29 is 19.4 Å². The van der Waals surface area contributed by atoms with Crippen LogP contribution < -0.4 is 10.6 Å². The lowest BCUT2D eigenvalue weighted by Crippen LogP contribution is -2.52. The van der Waals surface area contributed by atoms with Gasteiger partial charge in [0.15, 0.2) is 0 Å². The number of halogens is 1. The van der Waals surface area contributed by atoms with Crippen LogP contribution in [0.4, 0.5) is 4.79 Å². The zero-order chi connectivity index (χ0) is 18.4. The molecule has 3 fully saturated rings. The van der Waals surface area contributed by atoms with Crippen LogP contribution in [0.15, 0.2) is 12.1 Å². The number of ether oxygens (including phenoxy) is 1. The monoisotopic (exact) mass is 379 g/mol. The molecule has 140 valence electrons. The zero-order valence-corrected chi connectivity index (χ0v) is 15.3. The van der Waals surface area contributed by atoms with Crippen LogP contribution >= 0.6 is 11.6 Å². The van der Waals surface area contributed by atoms with E-state index in [2.05, 4.69) is 10.6 Å². The highest BCUT2D eigenvalue weighted by atomic mass is 35.5. The summed E-state index contributed by atoms with van der Waals surface area (Å²) in [6.45, 7) is 4.04. The number of fused-ring (bicyclic) bond motifs is 1. The van der Waals surface area contributed by atoms with Crippen LogP contribution in [0.3, 0.4) is 0 Å². The van der Waals surface area contributed by atoms with Gasteiger partial charge < -0.3 is 25.4 Å². The number of aryl methyl sites for hydroxylation is 1. The molecule has 0 unspecified atom stereocenters. The molecule has 1 aromatic rings. The van der Waals surface area contributed by atoms with E-state index in [1.165, 1.54) is 0 Å². The smallest absolute Gasteiger partial charge is 0.410 e. The Balaban J connectivity index is 1.46. The number of phenols is 1. The normalized spacial score (nSPS) is 27.8. The second kappa shape index (κ2) is 6.63. The number of phenolic OH excluding ortho intramolecular Hbond substituents is 1. The summed E-state index contributed by atoms with van der Waals surface area (Å²) in [7, 11) is 0. The molecule has 0 spiro atoms. The topological polar surface area (TPSA) is 90.9 Å². The van der Waals surface area contributed by atoms with Crippen molar-refractivity contribution in [1.82, 2.24) is 15.5 Å². The number of benzene rings is 1. The quantitative estimate of drug-likeness (QED) is 0.735. The first-order valence-electron chi connectivity index (χ1n) is 8.89. The summed E-state index contributed by atoms with van der Waals surface area (Å²) in [6.07, 6.45) is -0.103. The predicted octanol–water partition coefficient (Wildman–Crippen LogP) is 1.37. The van der Waals surface area contributed by atoms with Gasteiger partial charge in [0.05, 0.1) is 23.5 Å². The van der Waals surface area contributed by atoms with Crippen molar-refractivity contribution in [2.45, 2.75) is 31.4 Å². The Morgan fingerprint density at radius 3 is 2.92 bits per heavy atom. The number of aromatic hydroxyl groups is 1. The number of amides is 2. The van der Waals surface area contributed by atoms with Gasteiger partial charge in [-0.05, 0) is 25.0 Å². The lowest BCUT2D eigenvalue weighted by molar-refractivity contribution is -0.126. The van der Waals surface area contributed by atoms with Crippen LogP contribution in [0.25, 0.3) is 0 Å². The van der Waals surface area contributed by atoms with Gasteiger partial charge in [0.1, 0.15) is 11.9 Å². The third kappa shape index (κ3) is 2.89. The number of hydrogen-bond donors (Lipinski definition) is 3. The van der Waals surface area contributed by atoms with Crippen molar-refractivity contribution in [3.05, 3.63) is 28.3 Å². The Morgan fingerprint density at radius 1 is 1.46 bits per heavy atom. The third-order valence-electron chi connectivity index (χ3n) is 5.65. The average molecular weight is 380 g/mol.